The van der Waals surface area contributed by atoms with Gasteiger partial charge in [0.05, 0.1) is 0 Å². The predicted octanol–water partition coefficient (Wildman–Crippen LogP) is 4.04. The van der Waals surface area contributed by atoms with Crippen LogP contribution in [0.5, 0.6) is 0 Å². The van der Waals surface area contributed by atoms with Crippen LogP contribution in [0.4, 0.5) is 0 Å². The van der Waals surface area contributed by atoms with Crippen molar-refractivity contribution >= 4 is 33.5 Å². The van der Waals surface area contributed by atoms with E-state index in [1.807, 2.05) is 30.3 Å². The van der Waals surface area contributed by atoms with Gasteiger partial charge in [-0.05, 0) is 54.6 Å². The van der Waals surface area contributed by atoms with Crippen LogP contribution in [0.15, 0.2) is 74.3 Å². The third-order valence-electron chi connectivity index (χ3n) is 3.30. The van der Waals surface area contributed by atoms with E-state index < -0.39 is 0 Å². The summed E-state index contributed by atoms with van der Waals surface area (Å²) in [5.41, 5.74) is 3.41. The molecule has 0 aliphatic carbocycles. The first-order valence-electron chi connectivity index (χ1n) is 6.82. The molecule has 108 valence electrons. The summed E-state index contributed by atoms with van der Waals surface area (Å²) in [5, 5.41) is 0. The van der Waals surface area contributed by atoms with Crippen molar-refractivity contribution in [2.45, 2.75) is 0 Å². The van der Waals surface area contributed by atoms with Crippen molar-refractivity contribution in [2.24, 2.45) is 0 Å². The second kappa shape index (κ2) is 4.96. The number of aromatic amines is 2. The maximum absolute atomic E-state index is 12.1. The molecule has 22 heavy (non-hydrogen) atoms. The highest BCUT2D eigenvalue weighted by atomic mass is 16.3. The molecule has 4 aromatic heterocycles. The fraction of sp³-hybridized carbons (Fsp3) is 0. The van der Waals surface area contributed by atoms with Gasteiger partial charge in [0.2, 0.25) is 0 Å². The summed E-state index contributed by atoms with van der Waals surface area (Å²) in [6.07, 6.45) is 0. The molecule has 0 unspecified atom stereocenters. The molecule has 0 fully saturated rings. The molecule has 0 radical (unpaired) electrons. The van der Waals surface area contributed by atoms with Crippen molar-refractivity contribution in [2.75, 3.05) is 0 Å². The van der Waals surface area contributed by atoms with Crippen LogP contribution >= 0.6 is 0 Å². The molecule has 0 atom stereocenters. The second-order valence-corrected chi connectivity index (χ2v) is 4.89. The fourth-order valence-corrected chi connectivity index (χ4v) is 2.22. The highest BCUT2D eigenvalue weighted by Crippen LogP contribution is 2.10. The van der Waals surface area contributed by atoms with E-state index in [0.717, 1.165) is 11.0 Å². The van der Waals surface area contributed by atoms with Crippen molar-refractivity contribution in [3.63, 3.8) is 0 Å². The Morgan fingerprint density at radius 1 is 0.636 bits per heavy atom. The normalized spacial score (nSPS) is 10.9. The van der Waals surface area contributed by atoms with Gasteiger partial charge < -0.3 is 13.8 Å². The van der Waals surface area contributed by atoms with Crippen LogP contribution in [0.3, 0.4) is 0 Å². The van der Waals surface area contributed by atoms with Crippen LogP contribution in [-0.2, 0) is 0 Å². The van der Waals surface area contributed by atoms with E-state index >= 15 is 0 Å². The smallest absolute Gasteiger partial charge is 0.293 e. The quantitative estimate of drug-likeness (QED) is 0.513. The van der Waals surface area contributed by atoms with Gasteiger partial charge in [-0.25, -0.2) is 0 Å². The minimum absolute atomic E-state index is 0.232. The lowest BCUT2D eigenvalue weighted by atomic mass is 10.4. The van der Waals surface area contributed by atoms with E-state index in [9.17, 15) is 4.79 Å². The first-order chi connectivity index (χ1) is 10.8. The molecule has 0 aliphatic heterocycles. The monoisotopic (exact) mass is 292 g/mol. The predicted molar refractivity (Wildman–Crippen MR) is 84.9 cm³/mol. The van der Waals surface area contributed by atoms with E-state index in [0.29, 0.717) is 16.9 Å². The van der Waals surface area contributed by atoms with Crippen molar-refractivity contribution in [1.29, 1.82) is 0 Å². The zero-order valence-electron chi connectivity index (χ0n) is 11.5. The maximum Gasteiger partial charge on any atom is 0.293 e. The first kappa shape index (κ1) is 12.5. The Hall–Kier alpha value is -3.21. The third-order valence-corrected chi connectivity index (χ3v) is 3.30. The number of hydrogen-bond donors (Lipinski definition) is 2. The molecule has 4 heterocycles. The SMILES string of the molecule is O=c1[nH]c2ccc(ccc3ccc(ccc4ccc1o4)[nH]3)o2. The Kier molecular flexibility index (Phi) is 2.83. The Morgan fingerprint density at radius 2 is 1.23 bits per heavy atom. The Morgan fingerprint density at radius 3 is 2.00 bits per heavy atom. The molecule has 0 amide bonds. The molecule has 4 aromatic rings. The number of fused-ring (bicyclic) bond motifs is 6. The molecular weight excluding hydrogens is 280 g/mol. The minimum Gasteiger partial charge on any atom is -0.452 e. The molecular formula is C17H12N2O3. The topological polar surface area (TPSA) is 74.9 Å². The zero-order valence-corrected chi connectivity index (χ0v) is 11.5. The van der Waals surface area contributed by atoms with Crippen LogP contribution < -0.4 is 5.56 Å². The van der Waals surface area contributed by atoms with Crippen molar-refractivity contribution < 1.29 is 8.83 Å². The molecule has 6 bridgehead atoms. The maximum atomic E-state index is 12.1. The highest BCUT2D eigenvalue weighted by molar-refractivity contribution is 5.62. The van der Waals surface area contributed by atoms with E-state index in [1.54, 1.807) is 30.3 Å². The molecule has 0 spiro atoms. The number of furan rings is 2. The van der Waals surface area contributed by atoms with Gasteiger partial charge in [0.25, 0.3) is 5.56 Å². The van der Waals surface area contributed by atoms with Crippen LogP contribution in [-0.4, -0.2) is 9.97 Å². The van der Waals surface area contributed by atoms with Gasteiger partial charge in [0.1, 0.15) is 11.2 Å². The number of rotatable bonds is 0. The van der Waals surface area contributed by atoms with E-state index in [2.05, 4.69) is 9.97 Å². The highest BCUT2D eigenvalue weighted by Gasteiger charge is 1.96. The molecule has 0 aliphatic rings. The molecule has 0 saturated heterocycles. The number of nitrogens with one attached hydrogen (secondary N) is 2. The van der Waals surface area contributed by atoms with Gasteiger partial charge in [0.15, 0.2) is 11.3 Å². The summed E-state index contributed by atoms with van der Waals surface area (Å²) in [6.45, 7) is 0. The third kappa shape index (κ3) is 2.40. The van der Waals surface area contributed by atoms with Gasteiger partial charge in [-0.3, -0.25) is 9.78 Å². The summed E-state index contributed by atoms with van der Waals surface area (Å²) in [5.74, 6) is 0. The molecule has 0 aromatic carbocycles. The van der Waals surface area contributed by atoms with Gasteiger partial charge in [-0.2, -0.15) is 0 Å². The van der Waals surface area contributed by atoms with Crippen molar-refractivity contribution in [3.05, 3.63) is 71.0 Å². The van der Waals surface area contributed by atoms with Crippen LogP contribution in [0.2, 0.25) is 0 Å². The Balaban J connectivity index is 2.12. The number of hydrogen-bond acceptors (Lipinski definition) is 3. The summed E-state index contributed by atoms with van der Waals surface area (Å²) in [6, 6.07) is 18.2. The number of H-pyrrole nitrogens is 2. The van der Waals surface area contributed by atoms with Crippen molar-refractivity contribution in [3.8, 4) is 0 Å². The van der Waals surface area contributed by atoms with Crippen LogP contribution in [0.25, 0.3) is 33.5 Å². The Bertz CT molecular complexity index is 1110. The lowest BCUT2D eigenvalue weighted by Crippen LogP contribution is -2.00. The second-order valence-electron chi connectivity index (χ2n) is 4.89. The van der Waals surface area contributed by atoms with Gasteiger partial charge in [0, 0.05) is 17.1 Å². The first-order valence-corrected chi connectivity index (χ1v) is 6.82. The molecule has 5 nitrogen and oxygen atoms in total. The van der Waals surface area contributed by atoms with Gasteiger partial charge in [-0.1, -0.05) is 0 Å². The van der Waals surface area contributed by atoms with Crippen molar-refractivity contribution in [1.82, 2.24) is 9.97 Å². The van der Waals surface area contributed by atoms with Gasteiger partial charge >= 0.3 is 0 Å². The standard InChI is InChI=1S/C17H12N2O3/c20-17-15-9-7-13(21-15)5-3-11-1-2-12(18-11)4-6-14-8-10-16(19-17)22-14/h1-10,18H,(H,19,20). The van der Waals surface area contributed by atoms with E-state index in [4.69, 9.17) is 8.83 Å². The van der Waals surface area contributed by atoms with Crippen LogP contribution in [0.1, 0.15) is 0 Å². The molecule has 2 N–H and O–H groups in total. The summed E-state index contributed by atoms with van der Waals surface area (Å²) in [7, 11) is 0. The average molecular weight is 292 g/mol. The summed E-state index contributed by atoms with van der Waals surface area (Å²) in [4.78, 5) is 18.0. The zero-order chi connectivity index (χ0) is 14.9. The lowest BCUT2D eigenvalue weighted by molar-refractivity contribution is 0.642. The minimum atomic E-state index is -0.346. The van der Waals surface area contributed by atoms with E-state index in [-0.39, 0.29) is 11.1 Å². The fourth-order valence-electron chi connectivity index (χ4n) is 2.22. The molecule has 4 rings (SSSR count). The van der Waals surface area contributed by atoms with E-state index in [1.165, 1.54) is 0 Å². The largest absolute Gasteiger partial charge is 0.452 e. The Labute approximate surface area is 124 Å². The average Bonchev–Trinajstić information content (AvgIpc) is 3.23. The van der Waals surface area contributed by atoms with Crippen LogP contribution in [0, 0.1) is 0 Å². The summed E-state index contributed by atoms with van der Waals surface area (Å²) < 4.78 is 11.0. The molecule has 5 heteroatoms. The van der Waals surface area contributed by atoms with Gasteiger partial charge in [-0.15, -0.1) is 0 Å². The molecule has 0 saturated carbocycles. The number of aromatic nitrogens is 2. The summed E-state index contributed by atoms with van der Waals surface area (Å²) >= 11 is 0. The lowest BCUT2D eigenvalue weighted by Gasteiger charge is -1.79.